The van der Waals surface area contributed by atoms with Crippen LogP contribution in [-0.2, 0) is 22.2 Å². The van der Waals surface area contributed by atoms with Gasteiger partial charge in [-0.1, -0.05) is 77.9 Å². The fraction of sp³-hybridized carbons (Fsp3) is 0.480. The first kappa shape index (κ1) is 24.7. The third kappa shape index (κ3) is 6.71. The number of hydrogen-bond donors (Lipinski definition) is 4. The van der Waals surface area contributed by atoms with Crippen LogP contribution in [0.1, 0.15) is 69.9 Å². The van der Waals surface area contributed by atoms with Crippen molar-refractivity contribution in [2.75, 3.05) is 6.54 Å². The lowest BCUT2D eigenvalue weighted by molar-refractivity contribution is 0.0169. The van der Waals surface area contributed by atoms with Crippen LogP contribution in [0.2, 0.25) is 0 Å². The summed E-state index contributed by atoms with van der Waals surface area (Å²) in [4.78, 5) is 11.9. The lowest BCUT2D eigenvalue weighted by Crippen LogP contribution is -2.36. The minimum absolute atomic E-state index is 0.0429. The van der Waals surface area contributed by atoms with Gasteiger partial charge < -0.3 is 25.4 Å². The molecular formula is C25H35NO5. The van der Waals surface area contributed by atoms with Crippen LogP contribution in [0.25, 0.3) is 0 Å². The van der Waals surface area contributed by atoms with E-state index in [9.17, 15) is 20.1 Å². The average molecular weight is 430 g/mol. The lowest BCUT2D eigenvalue weighted by Gasteiger charge is -2.29. The summed E-state index contributed by atoms with van der Waals surface area (Å²) in [6.45, 7) is 11.9. The van der Waals surface area contributed by atoms with Crippen LogP contribution < -0.4 is 5.32 Å². The van der Waals surface area contributed by atoms with Gasteiger partial charge in [-0.2, -0.15) is 0 Å². The van der Waals surface area contributed by atoms with E-state index in [4.69, 9.17) is 4.74 Å². The molecule has 0 aliphatic carbocycles. The van der Waals surface area contributed by atoms with Crippen molar-refractivity contribution in [2.24, 2.45) is 0 Å². The standard InChI is InChI=1S/C25H35NO5/c1-24(2,3)17-12-18(21(28)19(13-17)25(4,5)6)22(29)20(27)14-26-23(30)31-15-16-10-8-7-9-11-16/h7-13,20,22,27-29H,14-15H2,1-6H3,(H,26,30). The first-order valence-electron chi connectivity index (χ1n) is 10.5. The number of hydrogen-bond acceptors (Lipinski definition) is 5. The van der Waals surface area contributed by atoms with E-state index >= 15 is 0 Å². The van der Waals surface area contributed by atoms with Crippen LogP contribution in [0.4, 0.5) is 4.79 Å². The first-order valence-corrected chi connectivity index (χ1v) is 10.5. The summed E-state index contributed by atoms with van der Waals surface area (Å²) in [5.41, 5.74) is 2.14. The Bertz CT molecular complexity index is 881. The molecule has 2 atom stereocenters. The van der Waals surface area contributed by atoms with E-state index in [1.165, 1.54) is 0 Å². The monoisotopic (exact) mass is 429 g/mol. The van der Waals surface area contributed by atoms with E-state index in [1.54, 1.807) is 6.07 Å². The summed E-state index contributed by atoms with van der Waals surface area (Å²) < 4.78 is 5.12. The van der Waals surface area contributed by atoms with Gasteiger partial charge in [0.1, 0.15) is 24.6 Å². The Morgan fingerprint density at radius 3 is 2.16 bits per heavy atom. The van der Waals surface area contributed by atoms with Crippen LogP contribution in [0.5, 0.6) is 5.75 Å². The van der Waals surface area contributed by atoms with Crippen LogP contribution in [0.15, 0.2) is 42.5 Å². The predicted octanol–water partition coefficient (Wildman–Crippen LogP) is 4.31. The first-order chi connectivity index (χ1) is 14.3. The Morgan fingerprint density at radius 2 is 1.61 bits per heavy atom. The average Bonchev–Trinajstić information content (AvgIpc) is 2.69. The van der Waals surface area contributed by atoms with Crippen molar-refractivity contribution >= 4 is 6.09 Å². The largest absolute Gasteiger partial charge is 0.507 e. The second-order valence-electron chi connectivity index (χ2n) is 9.92. The zero-order valence-corrected chi connectivity index (χ0v) is 19.3. The van der Waals surface area contributed by atoms with Crippen molar-refractivity contribution in [1.82, 2.24) is 5.32 Å². The molecule has 0 bridgehead atoms. The minimum atomic E-state index is -1.38. The quantitative estimate of drug-likeness (QED) is 0.548. The van der Waals surface area contributed by atoms with E-state index in [1.807, 2.05) is 77.9 Å². The normalized spacial score (nSPS) is 14.1. The molecule has 0 aromatic heterocycles. The van der Waals surface area contributed by atoms with Gasteiger partial charge in [0.05, 0.1) is 0 Å². The number of rotatable bonds is 6. The third-order valence-corrected chi connectivity index (χ3v) is 5.16. The number of benzene rings is 2. The summed E-state index contributed by atoms with van der Waals surface area (Å²) in [6.07, 6.45) is -3.39. The molecule has 0 saturated heterocycles. The van der Waals surface area contributed by atoms with Crippen LogP contribution in [-0.4, -0.2) is 34.1 Å². The second kappa shape index (κ2) is 9.71. The van der Waals surface area contributed by atoms with E-state index in [2.05, 4.69) is 5.32 Å². The highest BCUT2D eigenvalue weighted by molar-refractivity contribution is 5.67. The molecule has 0 spiro atoms. The number of phenols is 1. The SMILES string of the molecule is CC(C)(C)c1cc(C(O)C(O)CNC(=O)OCc2ccccc2)c(O)c(C(C)(C)C)c1. The van der Waals surface area contributed by atoms with E-state index in [0.29, 0.717) is 5.56 Å². The highest BCUT2D eigenvalue weighted by Gasteiger charge is 2.30. The summed E-state index contributed by atoms with van der Waals surface area (Å²) in [6, 6.07) is 12.9. The molecule has 6 nitrogen and oxygen atoms in total. The third-order valence-electron chi connectivity index (χ3n) is 5.16. The smallest absolute Gasteiger partial charge is 0.407 e. The summed E-state index contributed by atoms with van der Waals surface area (Å²) in [5.74, 6) is -0.0429. The summed E-state index contributed by atoms with van der Waals surface area (Å²) >= 11 is 0. The topological polar surface area (TPSA) is 99.0 Å². The number of amides is 1. The van der Waals surface area contributed by atoms with Gasteiger partial charge in [0.15, 0.2) is 0 Å². The molecular weight excluding hydrogens is 394 g/mol. The van der Waals surface area contributed by atoms with Crippen molar-refractivity contribution in [1.29, 1.82) is 0 Å². The number of carbonyl (C=O) groups is 1. The highest BCUT2D eigenvalue weighted by atomic mass is 16.5. The lowest BCUT2D eigenvalue weighted by atomic mass is 9.78. The molecule has 31 heavy (non-hydrogen) atoms. The number of aromatic hydroxyl groups is 1. The molecule has 6 heteroatoms. The van der Waals surface area contributed by atoms with E-state index < -0.39 is 18.3 Å². The number of aliphatic hydroxyl groups excluding tert-OH is 2. The van der Waals surface area contributed by atoms with E-state index in [0.717, 1.165) is 11.1 Å². The molecule has 170 valence electrons. The molecule has 0 fully saturated rings. The van der Waals surface area contributed by atoms with Gasteiger partial charge in [-0.05, 0) is 33.6 Å². The van der Waals surface area contributed by atoms with E-state index in [-0.39, 0.29) is 35.3 Å². The molecule has 4 N–H and O–H groups in total. The minimum Gasteiger partial charge on any atom is -0.507 e. The Morgan fingerprint density at radius 1 is 1.00 bits per heavy atom. The van der Waals surface area contributed by atoms with Gasteiger partial charge in [0.25, 0.3) is 0 Å². The van der Waals surface area contributed by atoms with Gasteiger partial charge in [-0.3, -0.25) is 0 Å². The molecule has 0 radical (unpaired) electrons. The van der Waals surface area contributed by atoms with Crippen LogP contribution in [0.3, 0.4) is 0 Å². The molecule has 0 aliphatic heterocycles. The summed E-state index contributed by atoms with van der Waals surface area (Å²) in [5, 5.41) is 34.6. The molecule has 0 saturated carbocycles. The second-order valence-corrected chi connectivity index (χ2v) is 9.92. The zero-order valence-electron chi connectivity index (χ0n) is 19.3. The number of aliphatic hydroxyl groups is 2. The summed E-state index contributed by atoms with van der Waals surface area (Å²) in [7, 11) is 0. The number of alkyl carbamates (subject to hydrolysis) is 1. The van der Waals surface area contributed by atoms with Crippen molar-refractivity contribution < 1.29 is 24.9 Å². The Kier molecular flexibility index (Phi) is 7.73. The molecule has 0 heterocycles. The number of ether oxygens (including phenoxy) is 1. The number of nitrogens with one attached hydrogen (secondary N) is 1. The van der Waals surface area contributed by atoms with Gasteiger partial charge in [-0.25, -0.2) is 4.79 Å². The van der Waals surface area contributed by atoms with Crippen molar-refractivity contribution in [3.63, 3.8) is 0 Å². The highest BCUT2D eigenvalue weighted by Crippen LogP contribution is 2.40. The van der Waals surface area contributed by atoms with Gasteiger partial charge >= 0.3 is 6.09 Å². The Labute approximate surface area is 184 Å². The van der Waals surface area contributed by atoms with Crippen molar-refractivity contribution in [3.8, 4) is 5.75 Å². The Balaban J connectivity index is 2.12. The maximum atomic E-state index is 11.9. The van der Waals surface area contributed by atoms with Gasteiger partial charge in [-0.15, -0.1) is 0 Å². The molecule has 2 aromatic carbocycles. The Hall–Kier alpha value is -2.57. The number of carbonyl (C=O) groups excluding carboxylic acids is 1. The number of phenolic OH excluding ortho intramolecular Hbond substituents is 1. The van der Waals surface area contributed by atoms with Crippen molar-refractivity contribution in [2.45, 2.75) is 71.2 Å². The zero-order chi connectivity index (χ0) is 23.4. The maximum Gasteiger partial charge on any atom is 0.407 e. The molecule has 2 aromatic rings. The maximum absolute atomic E-state index is 11.9. The predicted molar refractivity (Wildman–Crippen MR) is 121 cm³/mol. The molecule has 2 rings (SSSR count). The van der Waals surface area contributed by atoms with Gasteiger partial charge in [0.2, 0.25) is 0 Å². The molecule has 1 amide bonds. The van der Waals surface area contributed by atoms with Crippen molar-refractivity contribution in [3.05, 3.63) is 64.7 Å². The van der Waals surface area contributed by atoms with Crippen LogP contribution >= 0.6 is 0 Å². The van der Waals surface area contributed by atoms with Crippen LogP contribution in [0, 0.1) is 0 Å². The van der Waals surface area contributed by atoms with Gasteiger partial charge in [0, 0.05) is 12.1 Å². The molecule has 0 aliphatic rings. The fourth-order valence-corrected chi connectivity index (χ4v) is 3.17. The molecule has 2 unspecified atom stereocenters. The fourth-order valence-electron chi connectivity index (χ4n) is 3.17.